The van der Waals surface area contributed by atoms with E-state index in [0.29, 0.717) is 0 Å². The zero-order valence-electron chi connectivity index (χ0n) is 15.3. The second kappa shape index (κ2) is 6.57. The van der Waals surface area contributed by atoms with Crippen molar-refractivity contribution in [2.24, 2.45) is 7.05 Å². The van der Waals surface area contributed by atoms with E-state index in [9.17, 15) is 0 Å². The summed E-state index contributed by atoms with van der Waals surface area (Å²) in [4.78, 5) is 0. The molecule has 0 amide bonds. The lowest BCUT2D eigenvalue weighted by Gasteiger charge is -2.10. The molecule has 4 rings (SSSR count). The van der Waals surface area contributed by atoms with Crippen LogP contribution in [-0.4, -0.2) is 14.3 Å². The highest BCUT2D eigenvalue weighted by molar-refractivity contribution is 5.88. The highest BCUT2D eigenvalue weighted by atomic mass is 15.3. The Bertz CT molecular complexity index is 1130. The number of benzene rings is 2. The van der Waals surface area contributed by atoms with Crippen LogP contribution in [0.25, 0.3) is 16.6 Å². The maximum Gasteiger partial charge on any atom is 0.0688 e. The quantitative estimate of drug-likeness (QED) is 0.488. The van der Waals surface area contributed by atoms with Gasteiger partial charge in [0.25, 0.3) is 0 Å². The Kier molecular flexibility index (Phi) is 4.10. The number of hydrogen-bond donors (Lipinski definition) is 0. The van der Waals surface area contributed by atoms with Gasteiger partial charge in [-0.05, 0) is 37.6 Å². The minimum Gasteiger partial charge on any atom is -0.312 e. The molecule has 0 aliphatic rings. The summed E-state index contributed by atoms with van der Waals surface area (Å²) in [6, 6.07) is 19.1. The van der Waals surface area contributed by atoms with Crippen molar-refractivity contribution in [1.82, 2.24) is 14.3 Å². The van der Waals surface area contributed by atoms with Crippen LogP contribution in [0.2, 0.25) is 0 Å². The van der Waals surface area contributed by atoms with Crippen molar-refractivity contribution in [2.45, 2.75) is 20.3 Å². The summed E-state index contributed by atoms with van der Waals surface area (Å²) < 4.78 is 4.18. The van der Waals surface area contributed by atoms with Gasteiger partial charge in [0.15, 0.2) is 0 Å². The molecule has 0 atom stereocenters. The molecule has 0 unspecified atom stereocenters. The lowest BCUT2D eigenvalue weighted by atomic mass is 10.1. The predicted octanol–water partition coefficient (Wildman–Crippen LogP) is 4.63. The number of nitrogens with zero attached hydrogens (tertiary/aromatic N) is 3. The Morgan fingerprint density at radius 2 is 1.73 bits per heavy atom. The van der Waals surface area contributed by atoms with E-state index in [1.807, 2.05) is 30.9 Å². The molecule has 3 heteroatoms. The van der Waals surface area contributed by atoms with Crippen LogP contribution < -0.4 is 0 Å². The fourth-order valence-corrected chi connectivity index (χ4v) is 3.30. The largest absolute Gasteiger partial charge is 0.312 e. The molecule has 2 heterocycles. The van der Waals surface area contributed by atoms with Crippen LogP contribution in [0.15, 0.2) is 60.8 Å². The molecule has 0 bridgehead atoms. The van der Waals surface area contributed by atoms with E-state index in [2.05, 4.69) is 77.0 Å². The average Bonchev–Trinajstić information content (AvgIpc) is 3.21. The minimum absolute atomic E-state index is 0.970. The second-order valence-corrected chi connectivity index (χ2v) is 6.42. The number of para-hydroxylation sites is 2. The van der Waals surface area contributed by atoms with Crippen molar-refractivity contribution in [1.29, 1.82) is 0 Å². The molecule has 0 N–H and O–H groups in total. The van der Waals surface area contributed by atoms with E-state index in [4.69, 9.17) is 0 Å². The Morgan fingerprint density at radius 3 is 2.42 bits per heavy atom. The standard InChI is InChI=1S/C23H21N3/c1-4-21-15-19-10-8-9-18(13-14-20-16-24-25(3)17(20)2)23(19)26(21)22-11-6-5-7-12-22/h5-12,15-16H,4H2,1-3H3. The van der Waals surface area contributed by atoms with Crippen molar-refractivity contribution >= 4 is 10.9 Å². The van der Waals surface area contributed by atoms with Gasteiger partial charge in [0.2, 0.25) is 0 Å². The monoisotopic (exact) mass is 339 g/mol. The van der Waals surface area contributed by atoms with Gasteiger partial charge in [-0.3, -0.25) is 4.68 Å². The van der Waals surface area contributed by atoms with Crippen LogP contribution in [0.5, 0.6) is 0 Å². The van der Waals surface area contributed by atoms with Crippen LogP contribution in [-0.2, 0) is 13.5 Å². The van der Waals surface area contributed by atoms with E-state index in [1.54, 1.807) is 0 Å². The Labute approximate surface area is 153 Å². The minimum atomic E-state index is 0.970. The molecule has 0 aliphatic carbocycles. The van der Waals surface area contributed by atoms with Crippen molar-refractivity contribution in [2.75, 3.05) is 0 Å². The zero-order chi connectivity index (χ0) is 18.1. The summed E-state index contributed by atoms with van der Waals surface area (Å²) in [5.74, 6) is 6.68. The van der Waals surface area contributed by atoms with Gasteiger partial charge < -0.3 is 4.57 Å². The van der Waals surface area contributed by atoms with Crippen LogP contribution in [0.4, 0.5) is 0 Å². The Balaban J connectivity index is 1.94. The SMILES string of the molecule is CCc1cc2cccc(C#Cc3cnn(C)c3C)c2n1-c1ccccc1. The second-order valence-electron chi connectivity index (χ2n) is 6.42. The van der Waals surface area contributed by atoms with Gasteiger partial charge in [-0.2, -0.15) is 5.10 Å². The van der Waals surface area contributed by atoms with Crippen molar-refractivity contribution in [3.8, 4) is 17.5 Å². The number of rotatable bonds is 2. The first-order valence-electron chi connectivity index (χ1n) is 8.88. The summed E-state index contributed by atoms with van der Waals surface area (Å²) in [7, 11) is 1.94. The summed E-state index contributed by atoms with van der Waals surface area (Å²) in [6.07, 6.45) is 2.80. The van der Waals surface area contributed by atoms with E-state index < -0.39 is 0 Å². The first-order valence-corrected chi connectivity index (χ1v) is 8.88. The molecular formula is C23H21N3. The molecule has 0 saturated heterocycles. The lowest BCUT2D eigenvalue weighted by molar-refractivity contribution is 0.740. The molecule has 3 nitrogen and oxygen atoms in total. The molecule has 0 aliphatic heterocycles. The third-order valence-electron chi connectivity index (χ3n) is 4.84. The molecule has 0 radical (unpaired) electrons. The van der Waals surface area contributed by atoms with Crippen LogP contribution in [0.3, 0.4) is 0 Å². The normalized spacial score (nSPS) is 10.7. The zero-order valence-corrected chi connectivity index (χ0v) is 15.3. The van der Waals surface area contributed by atoms with Gasteiger partial charge in [0.05, 0.1) is 23.0 Å². The number of aromatic nitrogens is 3. The van der Waals surface area contributed by atoms with E-state index in [1.165, 1.54) is 22.3 Å². The van der Waals surface area contributed by atoms with E-state index in [-0.39, 0.29) is 0 Å². The summed E-state index contributed by atoms with van der Waals surface area (Å²) in [5, 5.41) is 5.50. The molecule has 2 aromatic heterocycles. The molecule has 4 aromatic rings. The van der Waals surface area contributed by atoms with Crippen molar-refractivity contribution in [3.63, 3.8) is 0 Å². The lowest BCUT2D eigenvalue weighted by Crippen LogP contribution is -1.99. The van der Waals surface area contributed by atoms with Gasteiger partial charge in [0.1, 0.15) is 0 Å². The summed E-state index contributed by atoms with van der Waals surface area (Å²) in [6.45, 7) is 4.23. The smallest absolute Gasteiger partial charge is 0.0688 e. The Hall–Kier alpha value is -3.25. The highest BCUT2D eigenvalue weighted by Crippen LogP contribution is 2.27. The van der Waals surface area contributed by atoms with Gasteiger partial charge >= 0.3 is 0 Å². The molecule has 2 aromatic carbocycles. The topological polar surface area (TPSA) is 22.8 Å². The average molecular weight is 339 g/mol. The fourth-order valence-electron chi connectivity index (χ4n) is 3.30. The van der Waals surface area contributed by atoms with Crippen molar-refractivity contribution in [3.05, 3.63) is 83.3 Å². The summed E-state index contributed by atoms with van der Waals surface area (Å²) in [5.41, 5.74) is 6.72. The maximum atomic E-state index is 4.28. The maximum absolute atomic E-state index is 4.28. The van der Waals surface area contributed by atoms with Gasteiger partial charge in [0, 0.05) is 29.4 Å². The first-order chi connectivity index (χ1) is 12.7. The van der Waals surface area contributed by atoms with Crippen molar-refractivity contribution < 1.29 is 0 Å². The first kappa shape index (κ1) is 16.2. The molecular weight excluding hydrogens is 318 g/mol. The molecule has 0 spiro atoms. The van der Waals surface area contributed by atoms with E-state index in [0.717, 1.165) is 23.2 Å². The molecule has 26 heavy (non-hydrogen) atoms. The predicted molar refractivity (Wildman–Crippen MR) is 107 cm³/mol. The number of hydrogen-bond acceptors (Lipinski definition) is 1. The highest BCUT2D eigenvalue weighted by Gasteiger charge is 2.12. The third kappa shape index (κ3) is 2.70. The number of aryl methyl sites for hydroxylation is 2. The number of fused-ring (bicyclic) bond motifs is 1. The van der Waals surface area contributed by atoms with Gasteiger partial charge in [-0.15, -0.1) is 0 Å². The van der Waals surface area contributed by atoms with Crippen LogP contribution >= 0.6 is 0 Å². The molecule has 0 fully saturated rings. The Morgan fingerprint density at radius 1 is 0.962 bits per heavy atom. The van der Waals surface area contributed by atoms with Gasteiger partial charge in [-0.1, -0.05) is 49.1 Å². The summed E-state index contributed by atoms with van der Waals surface area (Å²) >= 11 is 0. The fraction of sp³-hybridized carbons (Fsp3) is 0.174. The van der Waals surface area contributed by atoms with Gasteiger partial charge in [-0.25, -0.2) is 0 Å². The van der Waals surface area contributed by atoms with Crippen LogP contribution in [0, 0.1) is 18.8 Å². The molecule has 128 valence electrons. The van der Waals surface area contributed by atoms with Crippen LogP contribution in [0.1, 0.15) is 29.4 Å². The third-order valence-corrected chi connectivity index (χ3v) is 4.84. The molecule has 0 saturated carbocycles. The van der Waals surface area contributed by atoms with E-state index >= 15 is 0 Å².